The molecule has 0 fully saturated rings. The Kier molecular flexibility index (Phi) is 5.88. The van der Waals surface area contributed by atoms with E-state index in [4.69, 9.17) is 23.2 Å². The van der Waals surface area contributed by atoms with Crippen molar-refractivity contribution < 1.29 is 4.79 Å². The molecule has 1 N–H and O–H groups in total. The minimum absolute atomic E-state index is 0.0595. The van der Waals surface area contributed by atoms with Crippen molar-refractivity contribution in [3.05, 3.63) is 75.0 Å². The highest BCUT2D eigenvalue weighted by atomic mass is 35.5. The van der Waals surface area contributed by atoms with Crippen molar-refractivity contribution >= 4 is 34.8 Å². The number of amides is 1. The van der Waals surface area contributed by atoms with Gasteiger partial charge >= 0.3 is 0 Å². The Labute approximate surface area is 169 Å². The number of nitrogens with one attached hydrogen (secondary N) is 1. The monoisotopic (exact) mass is 401 g/mol. The summed E-state index contributed by atoms with van der Waals surface area (Å²) in [6.07, 6.45) is 1.13. The molecule has 3 rings (SSSR count). The maximum atomic E-state index is 12.6. The molecular formula is C21H21Cl2N3O. The minimum atomic E-state index is -0.0595. The number of rotatable bonds is 5. The lowest BCUT2D eigenvalue weighted by Crippen LogP contribution is -2.16. The molecule has 0 radical (unpaired) electrons. The van der Waals surface area contributed by atoms with E-state index in [-0.39, 0.29) is 12.3 Å². The fourth-order valence-electron chi connectivity index (χ4n) is 3.10. The summed E-state index contributed by atoms with van der Waals surface area (Å²) in [4.78, 5) is 12.6. The van der Waals surface area contributed by atoms with Crippen LogP contribution >= 0.6 is 23.2 Å². The van der Waals surface area contributed by atoms with Crippen molar-refractivity contribution in [3.63, 3.8) is 0 Å². The highest BCUT2D eigenvalue weighted by molar-refractivity contribution is 6.42. The molecule has 0 aliphatic carbocycles. The van der Waals surface area contributed by atoms with Gasteiger partial charge in [-0.1, -0.05) is 48.3 Å². The van der Waals surface area contributed by atoms with Crippen molar-refractivity contribution in [2.24, 2.45) is 0 Å². The van der Waals surface area contributed by atoms with E-state index >= 15 is 0 Å². The lowest BCUT2D eigenvalue weighted by Gasteiger charge is -2.10. The van der Waals surface area contributed by atoms with Crippen LogP contribution in [-0.2, 0) is 17.6 Å². The minimum Gasteiger partial charge on any atom is -0.326 e. The number of carbonyl (C=O) groups excluding carboxylic acids is 1. The first-order valence-corrected chi connectivity index (χ1v) is 9.54. The van der Waals surface area contributed by atoms with Gasteiger partial charge in [-0.3, -0.25) is 4.79 Å². The van der Waals surface area contributed by atoms with Crippen LogP contribution < -0.4 is 5.32 Å². The van der Waals surface area contributed by atoms with Crippen LogP contribution in [0.4, 0.5) is 5.69 Å². The Hall–Kier alpha value is -2.30. The van der Waals surface area contributed by atoms with E-state index in [1.807, 2.05) is 44.2 Å². The highest BCUT2D eigenvalue weighted by Gasteiger charge is 2.17. The van der Waals surface area contributed by atoms with Gasteiger partial charge in [0.2, 0.25) is 5.91 Å². The fourth-order valence-corrected chi connectivity index (χ4v) is 3.40. The van der Waals surface area contributed by atoms with Crippen LogP contribution in [0.3, 0.4) is 0 Å². The summed E-state index contributed by atoms with van der Waals surface area (Å²) in [6, 6.07) is 13.2. The number of anilines is 1. The molecule has 0 aliphatic rings. The Bertz CT molecular complexity index is 995. The third-order valence-corrected chi connectivity index (χ3v) is 5.34. The number of hydrogen-bond donors (Lipinski definition) is 1. The molecule has 4 nitrogen and oxygen atoms in total. The van der Waals surface area contributed by atoms with E-state index in [0.717, 1.165) is 40.3 Å². The van der Waals surface area contributed by atoms with E-state index < -0.39 is 0 Å². The molecule has 0 atom stereocenters. The molecule has 2 aromatic carbocycles. The largest absolute Gasteiger partial charge is 0.326 e. The van der Waals surface area contributed by atoms with Gasteiger partial charge in [0, 0.05) is 16.9 Å². The molecule has 1 heterocycles. The first-order chi connectivity index (χ1) is 12.9. The number of aromatic nitrogens is 2. The predicted molar refractivity (Wildman–Crippen MR) is 111 cm³/mol. The van der Waals surface area contributed by atoms with Crippen LogP contribution in [0.15, 0.2) is 42.5 Å². The Morgan fingerprint density at radius 1 is 1.11 bits per heavy atom. The maximum Gasteiger partial charge on any atom is 0.228 e. The first-order valence-electron chi connectivity index (χ1n) is 8.79. The van der Waals surface area contributed by atoms with E-state index in [1.54, 1.807) is 16.8 Å². The van der Waals surface area contributed by atoms with E-state index in [2.05, 4.69) is 17.3 Å². The molecule has 3 aromatic rings. The molecule has 6 heteroatoms. The quantitative estimate of drug-likeness (QED) is 0.609. The summed E-state index contributed by atoms with van der Waals surface area (Å²) in [6.45, 7) is 5.93. The number of aryl methyl sites for hydroxylation is 2. The van der Waals surface area contributed by atoms with Gasteiger partial charge in [0.05, 0.1) is 27.8 Å². The zero-order valence-electron chi connectivity index (χ0n) is 15.5. The normalized spacial score (nSPS) is 10.9. The maximum absolute atomic E-state index is 12.6. The predicted octanol–water partition coefficient (Wildman–Crippen LogP) is 5.54. The van der Waals surface area contributed by atoms with Crippen LogP contribution in [0.25, 0.3) is 5.69 Å². The summed E-state index contributed by atoms with van der Waals surface area (Å²) in [7, 11) is 0. The first kappa shape index (κ1) is 19.5. The van der Waals surface area contributed by atoms with Gasteiger partial charge in [0.25, 0.3) is 0 Å². The van der Waals surface area contributed by atoms with E-state index in [9.17, 15) is 4.79 Å². The van der Waals surface area contributed by atoms with Crippen molar-refractivity contribution in [1.82, 2.24) is 9.78 Å². The number of hydrogen-bond acceptors (Lipinski definition) is 2. The van der Waals surface area contributed by atoms with Gasteiger partial charge in [-0.25, -0.2) is 4.68 Å². The SMILES string of the molecule is CCc1ccccc1NC(=O)Cc1c(C)nn(-c2ccc(Cl)c(Cl)c2)c1C. The molecule has 0 unspecified atom stereocenters. The van der Waals surface area contributed by atoms with Gasteiger partial charge in [0.15, 0.2) is 0 Å². The van der Waals surface area contributed by atoms with Crippen LogP contribution in [-0.4, -0.2) is 15.7 Å². The Balaban J connectivity index is 1.84. The molecule has 0 aliphatic heterocycles. The number of benzene rings is 2. The van der Waals surface area contributed by atoms with Crippen LogP contribution in [0.1, 0.15) is 29.4 Å². The summed E-state index contributed by atoms with van der Waals surface area (Å²) in [5.41, 5.74) is 5.42. The topological polar surface area (TPSA) is 46.9 Å². The van der Waals surface area contributed by atoms with Gasteiger partial charge in [0.1, 0.15) is 0 Å². The van der Waals surface area contributed by atoms with Crippen LogP contribution in [0.5, 0.6) is 0 Å². The third kappa shape index (κ3) is 4.18. The van der Waals surface area contributed by atoms with E-state index in [1.165, 1.54) is 0 Å². The third-order valence-electron chi connectivity index (χ3n) is 4.60. The Morgan fingerprint density at radius 2 is 1.85 bits per heavy atom. The van der Waals surface area contributed by atoms with E-state index in [0.29, 0.717) is 10.0 Å². The van der Waals surface area contributed by atoms with Gasteiger partial charge in [-0.15, -0.1) is 0 Å². The van der Waals surface area contributed by atoms with Crippen LogP contribution in [0, 0.1) is 13.8 Å². The average molecular weight is 402 g/mol. The number of halogens is 2. The molecule has 0 spiro atoms. The molecule has 1 amide bonds. The lowest BCUT2D eigenvalue weighted by atomic mass is 10.1. The second-order valence-corrected chi connectivity index (χ2v) is 7.21. The summed E-state index contributed by atoms with van der Waals surface area (Å²) in [5.74, 6) is -0.0595. The van der Waals surface area contributed by atoms with Crippen LogP contribution in [0.2, 0.25) is 10.0 Å². The molecule has 0 saturated heterocycles. The lowest BCUT2D eigenvalue weighted by molar-refractivity contribution is -0.115. The standard InChI is InChI=1S/C21H21Cl2N3O/c1-4-15-7-5-6-8-20(15)24-21(27)12-17-13(2)25-26(14(17)3)16-9-10-18(22)19(23)11-16/h5-11H,4,12H2,1-3H3,(H,24,27). The molecule has 0 saturated carbocycles. The van der Waals surface area contributed by atoms with Crippen molar-refractivity contribution in [3.8, 4) is 5.69 Å². The molecule has 1 aromatic heterocycles. The average Bonchev–Trinajstić information content (AvgIpc) is 2.92. The fraction of sp³-hybridized carbons (Fsp3) is 0.238. The summed E-state index contributed by atoms with van der Waals surface area (Å²) >= 11 is 12.1. The van der Waals surface area contributed by atoms with Gasteiger partial charge in [-0.2, -0.15) is 5.10 Å². The van der Waals surface area contributed by atoms with Gasteiger partial charge < -0.3 is 5.32 Å². The highest BCUT2D eigenvalue weighted by Crippen LogP contribution is 2.26. The van der Waals surface area contributed by atoms with Gasteiger partial charge in [-0.05, 0) is 50.1 Å². The zero-order chi connectivity index (χ0) is 19.6. The smallest absolute Gasteiger partial charge is 0.228 e. The number of carbonyl (C=O) groups is 1. The van der Waals surface area contributed by atoms with Crippen molar-refractivity contribution in [1.29, 1.82) is 0 Å². The van der Waals surface area contributed by atoms with Crippen molar-refractivity contribution in [2.45, 2.75) is 33.6 Å². The summed E-state index contributed by atoms with van der Waals surface area (Å²) in [5, 5.41) is 8.56. The second-order valence-electron chi connectivity index (χ2n) is 6.40. The van der Waals surface area contributed by atoms with Crippen molar-refractivity contribution in [2.75, 3.05) is 5.32 Å². The molecule has 27 heavy (non-hydrogen) atoms. The number of para-hydroxylation sites is 1. The molecule has 140 valence electrons. The number of nitrogens with zero attached hydrogens (tertiary/aromatic N) is 2. The summed E-state index contributed by atoms with van der Waals surface area (Å²) < 4.78 is 1.79. The molecule has 0 bridgehead atoms. The zero-order valence-corrected chi connectivity index (χ0v) is 17.0. The molecular weight excluding hydrogens is 381 g/mol. The second kappa shape index (κ2) is 8.15. The Morgan fingerprint density at radius 3 is 2.56 bits per heavy atom.